The number of halogens is 1. The third-order valence-corrected chi connectivity index (χ3v) is 6.32. The first-order valence-corrected chi connectivity index (χ1v) is 12.4. The molecule has 1 atom stereocenters. The van der Waals surface area contributed by atoms with E-state index in [1.54, 1.807) is 19.1 Å². The van der Waals surface area contributed by atoms with E-state index in [4.69, 9.17) is 11.6 Å². The van der Waals surface area contributed by atoms with Crippen LogP contribution in [-0.4, -0.2) is 52.3 Å². The molecule has 0 radical (unpaired) electrons. The average molecular weight is 489 g/mol. The molecule has 4 rings (SSSR count). The van der Waals surface area contributed by atoms with E-state index in [1.807, 2.05) is 0 Å². The quantitative estimate of drug-likeness (QED) is 0.519. The average Bonchev–Trinajstić information content (AvgIpc) is 3.44. The van der Waals surface area contributed by atoms with Crippen molar-refractivity contribution in [1.82, 2.24) is 30.4 Å². The van der Waals surface area contributed by atoms with Crippen LogP contribution in [0, 0.1) is 0 Å². The van der Waals surface area contributed by atoms with Gasteiger partial charge in [0, 0.05) is 29.1 Å². The standard InChI is InChI=1S/C21H21ClN6O4S/c1-12(26-21(30)14-7-15(22)9-17(8-14)33(2,31)32)19-24-11-25-28(19)18-6-3-13(10-23-18)20(29)27-16-4-5-16/h3,6-12,16H,4-5H2,1-2H3,(H,26,30)(H,27,29). The number of rotatable bonds is 7. The summed E-state index contributed by atoms with van der Waals surface area (Å²) in [6.07, 6.45) is 5.82. The largest absolute Gasteiger partial charge is 0.349 e. The predicted molar refractivity (Wildman–Crippen MR) is 120 cm³/mol. The summed E-state index contributed by atoms with van der Waals surface area (Å²) in [5.74, 6) is 0.126. The van der Waals surface area contributed by atoms with Gasteiger partial charge in [0.05, 0.1) is 16.5 Å². The lowest BCUT2D eigenvalue weighted by Crippen LogP contribution is -2.29. The number of carbonyl (C=O) groups is 2. The van der Waals surface area contributed by atoms with E-state index >= 15 is 0 Å². The van der Waals surface area contributed by atoms with E-state index in [9.17, 15) is 18.0 Å². The Bertz CT molecular complexity index is 1320. The molecular weight excluding hydrogens is 468 g/mol. The molecular formula is C21H21ClN6O4S. The highest BCUT2D eigenvalue weighted by atomic mass is 35.5. The maximum Gasteiger partial charge on any atom is 0.253 e. The van der Waals surface area contributed by atoms with Crippen molar-refractivity contribution in [2.75, 3.05) is 6.26 Å². The van der Waals surface area contributed by atoms with Crippen molar-refractivity contribution in [2.45, 2.75) is 36.7 Å². The van der Waals surface area contributed by atoms with Crippen molar-refractivity contribution in [3.63, 3.8) is 0 Å². The first kappa shape index (κ1) is 22.9. The number of hydrogen-bond donors (Lipinski definition) is 2. The normalized spacial score (nSPS) is 14.5. The highest BCUT2D eigenvalue weighted by molar-refractivity contribution is 7.90. The molecule has 10 nitrogen and oxygen atoms in total. The summed E-state index contributed by atoms with van der Waals surface area (Å²) in [7, 11) is -3.54. The van der Waals surface area contributed by atoms with Crippen molar-refractivity contribution in [3.05, 3.63) is 64.8 Å². The number of nitrogens with zero attached hydrogens (tertiary/aromatic N) is 4. The highest BCUT2D eigenvalue weighted by Crippen LogP contribution is 2.21. The Morgan fingerprint density at radius 2 is 1.88 bits per heavy atom. The molecule has 0 aliphatic heterocycles. The summed E-state index contributed by atoms with van der Waals surface area (Å²) in [6, 6.07) is 6.87. The SMILES string of the molecule is CC(NC(=O)c1cc(Cl)cc(S(C)(=O)=O)c1)c1ncnn1-c1ccc(C(=O)NC2CC2)cn1. The molecule has 0 bridgehead atoms. The fourth-order valence-corrected chi connectivity index (χ4v) is 4.10. The number of amides is 2. The maximum absolute atomic E-state index is 12.8. The zero-order valence-corrected chi connectivity index (χ0v) is 19.4. The summed E-state index contributed by atoms with van der Waals surface area (Å²) in [6.45, 7) is 1.71. The van der Waals surface area contributed by atoms with E-state index < -0.39 is 21.8 Å². The Labute approximate surface area is 195 Å². The van der Waals surface area contributed by atoms with Crippen molar-refractivity contribution in [2.24, 2.45) is 0 Å². The minimum absolute atomic E-state index is 0.0500. The molecule has 12 heteroatoms. The van der Waals surface area contributed by atoms with Gasteiger partial charge in [-0.05, 0) is 50.1 Å². The number of pyridine rings is 1. The second kappa shape index (κ2) is 8.91. The van der Waals surface area contributed by atoms with Crippen molar-refractivity contribution in [1.29, 1.82) is 0 Å². The van der Waals surface area contributed by atoms with Crippen LogP contribution in [0.25, 0.3) is 5.82 Å². The molecule has 1 fully saturated rings. The maximum atomic E-state index is 12.8. The van der Waals surface area contributed by atoms with Crippen molar-refractivity contribution in [3.8, 4) is 5.82 Å². The minimum Gasteiger partial charge on any atom is -0.349 e. The zero-order chi connectivity index (χ0) is 23.8. The van der Waals surface area contributed by atoms with Crippen LogP contribution >= 0.6 is 11.6 Å². The van der Waals surface area contributed by atoms with E-state index in [1.165, 1.54) is 35.4 Å². The second-order valence-electron chi connectivity index (χ2n) is 7.83. The number of sulfone groups is 1. The molecule has 1 aliphatic carbocycles. The van der Waals surface area contributed by atoms with Gasteiger partial charge in [0.1, 0.15) is 6.33 Å². The molecule has 2 heterocycles. The fourth-order valence-electron chi connectivity index (χ4n) is 3.12. The van der Waals surface area contributed by atoms with Gasteiger partial charge in [0.15, 0.2) is 21.5 Å². The first-order valence-electron chi connectivity index (χ1n) is 10.1. The lowest BCUT2D eigenvalue weighted by Gasteiger charge is -2.15. The molecule has 1 unspecified atom stereocenters. The molecule has 172 valence electrons. The van der Waals surface area contributed by atoms with Crippen LogP contribution in [0.5, 0.6) is 0 Å². The predicted octanol–water partition coefficient (Wildman–Crippen LogP) is 2.10. The van der Waals surface area contributed by atoms with Gasteiger partial charge >= 0.3 is 0 Å². The second-order valence-corrected chi connectivity index (χ2v) is 10.3. The first-order chi connectivity index (χ1) is 15.6. The van der Waals surface area contributed by atoms with Gasteiger partial charge < -0.3 is 10.6 Å². The minimum atomic E-state index is -3.54. The van der Waals surface area contributed by atoms with Crippen LogP contribution in [-0.2, 0) is 9.84 Å². The van der Waals surface area contributed by atoms with E-state index in [0.29, 0.717) is 17.2 Å². The van der Waals surface area contributed by atoms with Crippen LogP contribution in [0.4, 0.5) is 0 Å². The summed E-state index contributed by atoms with van der Waals surface area (Å²) < 4.78 is 25.1. The summed E-state index contributed by atoms with van der Waals surface area (Å²) >= 11 is 6.00. The van der Waals surface area contributed by atoms with Gasteiger partial charge in [-0.15, -0.1) is 0 Å². The smallest absolute Gasteiger partial charge is 0.253 e. The molecule has 0 saturated heterocycles. The van der Waals surface area contributed by atoms with Gasteiger partial charge in [-0.3, -0.25) is 9.59 Å². The van der Waals surface area contributed by atoms with Gasteiger partial charge in [-0.2, -0.15) is 9.78 Å². The van der Waals surface area contributed by atoms with Gasteiger partial charge in [-0.1, -0.05) is 11.6 Å². The molecule has 0 spiro atoms. The third-order valence-electron chi connectivity index (χ3n) is 5.01. The van der Waals surface area contributed by atoms with Crippen molar-refractivity contribution < 1.29 is 18.0 Å². The van der Waals surface area contributed by atoms with Crippen molar-refractivity contribution >= 4 is 33.3 Å². The van der Waals surface area contributed by atoms with Crippen LogP contribution in [0.2, 0.25) is 5.02 Å². The lowest BCUT2D eigenvalue weighted by molar-refractivity contribution is 0.0933. The number of benzene rings is 1. The number of aromatic nitrogens is 4. The van der Waals surface area contributed by atoms with E-state index in [0.717, 1.165) is 19.1 Å². The van der Waals surface area contributed by atoms with E-state index in [2.05, 4.69) is 25.7 Å². The number of carbonyl (C=O) groups excluding carboxylic acids is 2. The number of nitrogens with one attached hydrogen (secondary N) is 2. The Morgan fingerprint density at radius 1 is 1.12 bits per heavy atom. The molecule has 3 aromatic rings. The molecule has 33 heavy (non-hydrogen) atoms. The highest BCUT2D eigenvalue weighted by Gasteiger charge is 2.24. The monoisotopic (exact) mass is 488 g/mol. The third kappa shape index (κ3) is 5.37. The lowest BCUT2D eigenvalue weighted by atomic mass is 10.2. The van der Waals surface area contributed by atoms with Crippen LogP contribution < -0.4 is 10.6 Å². The Balaban J connectivity index is 1.51. The van der Waals surface area contributed by atoms with E-state index in [-0.39, 0.29) is 27.4 Å². The zero-order valence-electron chi connectivity index (χ0n) is 17.8. The topological polar surface area (TPSA) is 136 Å². The molecule has 1 aliphatic rings. The Kier molecular flexibility index (Phi) is 6.17. The summed E-state index contributed by atoms with van der Waals surface area (Å²) in [4.78, 5) is 33.4. The molecule has 1 aromatic carbocycles. The van der Waals surface area contributed by atoms with Crippen LogP contribution in [0.1, 0.15) is 52.3 Å². The van der Waals surface area contributed by atoms with Gasteiger partial charge in [-0.25, -0.2) is 18.4 Å². The molecule has 2 N–H and O–H groups in total. The molecule has 2 aromatic heterocycles. The Morgan fingerprint density at radius 3 is 2.52 bits per heavy atom. The number of hydrogen-bond acceptors (Lipinski definition) is 7. The summed E-state index contributed by atoms with van der Waals surface area (Å²) in [5.41, 5.74) is 0.543. The molecule has 2 amide bonds. The summed E-state index contributed by atoms with van der Waals surface area (Å²) in [5, 5.41) is 9.97. The molecule has 1 saturated carbocycles. The fraction of sp³-hybridized carbons (Fsp3) is 0.286. The van der Waals surface area contributed by atoms with Gasteiger partial charge in [0.2, 0.25) is 0 Å². The van der Waals surface area contributed by atoms with Crippen LogP contribution in [0.15, 0.2) is 47.8 Å². The van der Waals surface area contributed by atoms with Crippen LogP contribution in [0.3, 0.4) is 0 Å². The Hall–Kier alpha value is -3.31. The van der Waals surface area contributed by atoms with Gasteiger partial charge in [0.25, 0.3) is 11.8 Å².